The fraction of sp³-hybridized carbons (Fsp3) is 0.423. The van der Waals surface area contributed by atoms with Gasteiger partial charge < -0.3 is 29.6 Å². The number of hydrogen-bond acceptors (Lipinski definition) is 7. The Hall–Kier alpha value is -3.93. The van der Waals surface area contributed by atoms with E-state index in [-0.39, 0.29) is 17.9 Å². The van der Waals surface area contributed by atoms with E-state index < -0.39 is 11.7 Å². The van der Waals surface area contributed by atoms with E-state index in [0.29, 0.717) is 61.2 Å². The minimum atomic E-state index is -0.993. The number of hydrogen-bond donors (Lipinski definition) is 2. The molecule has 9 heteroatoms. The highest BCUT2D eigenvalue weighted by Crippen LogP contribution is 2.40. The summed E-state index contributed by atoms with van der Waals surface area (Å²) in [5.41, 5.74) is 0.895. The molecule has 0 unspecified atom stereocenters. The molecular weight excluding hydrogens is 450 g/mol. The van der Waals surface area contributed by atoms with Crippen molar-refractivity contribution in [2.75, 3.05) is 25.6 Å². The highest BCUT2D eigenvalue weighted by Gasteiger charge is 2.32. The van der Waals surface area contributed by atoms with Gasteiger partial charge >= 0.3 is 6.09 Å². The van der Waals surface area contributed by atoms with Crippen LogP contribution in [0.4, 0.5) is 10.5 Å². The summed E-state index contributed by atoms with van der Waals surface area (Å²) >= 11 is 0. The van der Waals surface area contributed by atoms with Crippen LogP contribution in [0.5, 0.6) is 17.4 Å². The predicted molar refractivity (Wildman–Crippen MR) is 130 cm³/mol. The number of para-hydroxylation sites is 1. The molecule has 4 rings (SSSR count). The fourth-order valence-electron chi connectivity index (χ4n) is 4.15. The van der Waals surface area contributed by atoms with Crippen molar-refractivity contribution in [3.8, 4) is 41.0 Å². The van der Waals surface area contributed by atoms with Gasteiger partial charge in [0.05, 0.1) is 12.8 Å². The van der Waals surface area contributed by atoms with Crippen LogP contribution in [0.3, 0.4) is 0 Å². The molecule has 35 heavy (non-hydrogen) atoms. The van der Waals surface area contributed by atoms with Crippen LogP contribution >= 0.6 is 0 Å². The number of amides is 2. The average Bonchev–Trinajstić information content (AvgIpc) is 3.31. The summed E-state index contributed by atoms with van der Waals surface area (Å²) in [6.45, 7) is 4.21. The Balaban J connectivity index is 1.44. The first kappa shape index (κ1) is 24.2. The number of pyridine rings is 1. The zero-order valence-electron chi connectivity index (χ0n) is 20.1. The molecular formula is C26H29N3O6. The first-order valence-electron chi connectivity index (χ1n) is 11.5. The quantitative estimate of drug-likeness (QED) is 0.607. The lowest BCUT2D eigenvalue weighted by Crippen LogP contribution is -2.38. The van der Waals surface area contributed by atoms with Crippen LogP contribution in [0.2, 0.25) is 0 Å². The van der Waals surface area contributed by atoms with Crippen molar-refractivity contribution in [2.24, 2.45) is 5.92 Å². The zero-order valence-corrected chi connectivity index (χ0v) is 20.1. The maximum absolute atomic E-state index is 13.0. The van der Waals surface area contributed by atoms with Crippen LogP contribution in [-0.2, 0) is 9.53 Å². The van der Waals surface area contributed by atoms with Crippen LogP contribution in [0.15, 0.2) is 30.3 Å². The minimum absolute atomic E-state index is 0.138. The number of rotatable bonds is 6. The summed E-state index contributed by atoms with van der Waals surface area (Å²) in [4.78, 5) is 29.7. The van der Waals surface area contributed by atoms with Gasteiger partial charge in [0.25, 0.3) is 0 Å². The molecule has 2 heterocycles. The number of alkyl carbamates (subject to hydrolysis) is 1. The minimum Gasteiger partial charge on any atom is -0.486 e. The summed E-state index contributed by atoms with van der Waals surface area (Å²) in [5, 5.41) is 5.77. The molecule has 1 aromatic heterocycles. The standard InChI is InChI=1S/C26H29N3O6/c1-5-26(2,3)35-25(31)28-17-10-9-16(13-17)24(30)27-18-14-20(29-22(15-18)32-4)19-7-6-8-21-23(19)34-12-11-33-21/h1,6-8,14-17H,9-13H2,2-4H3,(H,28,31)(H,27,29,30)/t16-,17+/m1/s1. The molecule has 2 aromatic rings. The van der Waals surface area contributed by atoms with Gasteiger partial charge in [0.1, 0.15) is 13.2 Å². The lowest BCUT2D eigenvalue weighted by atomic mass is 10.1. The zero-order chi connectivity index (χ0) is 25.0. The van der Waals surface area contributed by atoms with Gasteiger partial charge in [-0.15, -0.1) is 6.42 Å². The molecule has 9 nitrogen and oxygen atoms in total. The highest BCUT2D eigenvalue weighted by atomic mass is 16.6. The van der Waals surface area contributed by atoms with Crippen LogP contribution in [0, 0.1) is 18.3 Å². The second kappa shape index (κ2) is 10.1. The van der Waals surface area contributed by atoms with Crippen LogP contribution in [-0.4, -0.2) is 49.0 Å². The lowest BCUT2D eigenvalue weighted by molar-refractivity contribution is -0.119. The van der Waals surface area contributed by atoms with E-state index in [1.54, 1.807) is 26.0 Å². The molecule has 1 aromatic carbocycles. The van der Waals surface area contributed by atoms with Crippen molar-refractivity contribution in [3.63, 3.8) is 0 Å². The Bertz CT molecular complexity index is 1160. The number of nitrogens with zero attached hydrogens (tertiary/aromatic N) is 1. The number of benzene rings is 1. The second-order valence-corrected chi connectivity index (χ2v) is 9.00. The Kier molecular flexibility index (Phi) is 7.01. The molecule has 2 atom stereocenters. The topological polar surface area (TPSA) is 108 Å². The van der Waals surface area contributed by atoms with E-state index in [2.05, 4.69) is 21.5 Å². The van der Waals surface area contributed by atoms with E-state index in [4.69, 9.17) is 25.4 Å². The highest BCUT2D eigenvalue weighted by molar-refractivity contribution is 5.93. The molecule has 2 N–H and O–H groups in total. The number of anilines is 1. The Morgan fingerprint density at radius 3 is 2.77 bits per heavy atom. The number of ether oxygens (including phenoxy) is 4. The molecule has 2 amide bonds. The number of carbonyl (C=O) groups is 2. The molecule has 0 spiro atoms. The van der Waals surface area contributed by atoms with E-state index in [9.17, 15) is 9.59 Å². The largest absolute Gasteiger partial charge is 0.486 e. The van der Waals surface area contributed by atoms with E-state index >= 15 is 0 Å². The van der Waals surface area contributed by atoms with Crippen LogP contribution < -0.4 is 24.8 Å². The van der Waals surface area contributed by atoms with Gasteiger partial charge in [0.15, 0.2) is 17.1 Å². The van der Waals surface area contributed by atoms with Gasteiger partial charge in [-0.1, -0.05) is 12.0 Å². The third-order valence-corrected chi connectivity index (χ3v) is 5.94. The normalized spacial score (nSPS) is 18.8. The van der Waals surface area contributed by atoms with E-state index in [1.807, 2.05) is 18.2 Å². The number of aromatic nitrogens is 1. The molecule has 0 saturated heterocycles. The number of methoxy groups -OCH3 is 1. The number of terminal acetylenes is 1. The SMILES string of the molecule is C#CC(C)(C)OC(=O)N[C@H]1CC[C@@H](C(=O)Nc2cc(OC)nc(-c3cccc4c3OCCO4)c2)C1. The molecule has 1 aliphatic carbocycles. The monoisotopic (exact) mass is 479 g/mol. The number of fused-ring (bicyclic) bond motifs is 1. The van der Waals surface area contributed by atoms with Crippen molar-refractivity contribution in [3.05, 3.63) is 30.3 Å². The molecule has 1 fully saturated rings. The summed E-state index contributed by atoms with van der Waals surface area (Å²) in [6.07, 6.45) is 6.60. The van der Waals surface area contributed by atoms with Crippen molar-refractivity contribution >= 4 is 17.7 Å². The van der Waals surface area contributed by atoms with Crippen LogP contribution in [0.1, 0.15) is 33.1 Å². The van der Waals surface area contributed by atoms with Crippen molar-refractivity contribution in [2.45, 2.75) is 44.8 Å². The molecule has 0 radical (unpaired) electrons. The fourth-order valence-corrected chi connectivity index (χ4v) is 4.15. The average molecular weight is 480 g/mol. The number of nitrogens with one attached hydrogen (secondary N) is 2. The van der Waals surface area contributed by atoms with Crippen molar-refractivity contribution in [1.29, 1.82) is 0 Å². The van der Waals surface area contributed by atoms with Gasteiger partial charge in [-0.05, 0) is 51.3 Å². The Morgan fingerprint density at radius 1 is 1.20 bits per heavy atom. The van der Waals surface area contributed by atoms with Crippen molar-refractivity contribution in [1.82, 2.24) is 10.3 Å². The molecule has 184 valence electrons. The smallest absolute Gasteiger partial charge is 0.408 e. The number of carbonyl (C=O) groups excluding carboxylic acids is 2. The molecule has 1 saturated carbocycles. The Morgan fingerprint density at radius 2 is 2.00 bits per heavy atom. The first-order chi connectivity index (χ1) is 16.8. The second-order valence-electron chi connectivity index (χ2n) is 9.00. The van der Waals surface area contributed by atoms with E-state index in [0.717, 1.165) is 5.56 Å². The predicted octanol–water partition coefficient (Wildman–Crippen LogP) is 3.77. The summed E-state index contributed by atoms with van der Waals surface area (Å²) < 4.78 is 22.1. The van der Waals surface area contributed by atoms with E-state index in [1.165, 1.54) is 7.11 Å². The molecule has 2 aliphatic rings. The lowest BCUT2D eigenvalue weighted by Gasteiger charge is -2.21. The van der Waals surface area contributed by atoms with Gasteiger partial charge in [-0.25, -0.2) is 9.78 Å². The third kappa shape index (κ3) is 5.77. The van der Waals surface area contributed by atoms with Gasteiger partial charge in [0, 0.05) is 29.3 Å². The maximum Gasteiger partial charge on any atom is 0.408 e. The van der Waals surface area contributed by atoms with Gasteiger partial charge in [0.2, 0.25) is 11.8 Å². The van der Waals surface area contributed by atoms with Gasteiger partial charge in [-0.2, -0.15) is 0 Å². The van der Waals surface area contributed by atoms with Crippen LogP contribution in [0.25, 0.3) is 11.3 Å². The molecule has 0 bridgehead atoms. The third-order valence-electron chi connectivity index (χ3n) is 5.94. The van der Waals surface area contributed by atoms with Crippen molar-refractivity contribution < 1.29 is 28.5 Å². The Labute approximate surface area is 204 Å². The first-order valence-corrected chi connectivity index (χ1v) is 11.5. The molecule has 1 aliphatic heterocycles. The summed E-state index contributed by atoms with van der Waals surface area (Å²) in [6, 6.07) is 8.87. The summed E-state index contributed by atoms with van der Waals surface area (Å²) in [7, 11) is 1.52. The maximum atomic E-state index is 13.0. The van der Waals surface area contributed by atoms with Gasteiger partial charge in [-0.3, -0.25) is 4.79 Å². The summed E-state index contributed by atoms with van der Waals surface area (Å²) in [5.74, 6) is 3.64.